The van der Waals surface area contributed by atoms with Crippen molar-refractivity contribution in [3.63, 3.8) is 0 Å². The molecule has 0 spiro atoms. The summed E-state index contributed by atoms with van der Waals surface area (Å²) in [5.41, 5.74) is 5.26. The van der Waals surface area contributed by atoms with E-state index in [-0.39, 0.29) is 12.3 Å². The molecule has 0 amide bonds. The first-order valence-corrected chi connectivity index (χ1v) is 5.01. The number of aromatic hydroxyl groups is 1. The van der Waals surface area contributed by atoms with Crippen LogP contribution in [0.4, 0.5) is 0 Å². The fraction of sp³-hybridized carbons (Fsp3) is 0.333. The van der Waals surface area contributed by atoms with Gasteiger partial charge in [0.25, 0.3) is 0 Å². The predicted molar refractivity (Wildman–Crippen MR) is 53.9 cm³/mol. The molecular formula is C9H13NO2S. The quantitative estimate of drug-likeness (QED) is 0.628. The minimum absolute atomic E-state index is 0.253. The molecular weight excluding hydrogens is 186 g/mol. The number of aliphatic hydroxyl groups is 1. The van der Waals surface area contributed by atoms with Crippen LogP contribution in [0.2, 0.25) is 0 Å². The van der Waals surface area contributed by atoms with Crippen LogP contribution >= 0.6 is 11.8 Å². The molecule has 4 heteroatoms. The van der Waals surface area contributed by atoms with Crippen molar-refractivity contribution in [2.24, 2.45) is 5.73 Å². The summed E-state index contributed by atoms with van der Waals surface area (Å²) < 4.78 is 0. The van der Waals surface area contributed by atoms with E-state index in [9.17, 15) is 5.11 Å². The molecule has 0 heterocycles. The smallest absolute Gasteiger partial charge is 0.115 e. The van der Waals surface area contributed by atoms with Crippen molar-refractivity contribution in [1.29, 1.82) is 0 Å². The first-order valence-electron chi connectivity index (χ1n) is 4.02. The molecule has 0 bridgehead atoms. The number of hydrogen-bond donors (Lipinski definition) is 3. The number of nitrogens with two attached hydrogens (primary N) is 1. The van der Waals surface area contributed by atoms with Crippen LogP contribution in [0.5, 0.6) is 5.75 Å². The lowest BCUT2D eigenvalue weighted by molar-refractivity contribution is 0.208. The normalized spacial score (nSPS) is 12.8. The molecule has 1 aromatic carbocycles. The summed E-state index contributed by atoms with van der Waals surface area (Å²) in [7, 11) is 0. The lowest BCUT2D eigenvalue weighted by atomic mass is 10.3. The summed E-state index contributed by atoms with van der Waals surface area (Å²) in [6, 6.07) is 6.86. The number of phenols is 1. The van der Waals surface area contributed by atoms with Crippen LogP contribution in [0.1, 0.15) is 0 Å². The fourth-order valence-electron chi connectivity index (χ4n) is 0.803. The van der Waals surface area contributed by atoms with Crippen molar-refractivity contribution in [1.82, 2.24) is 0 Å². The Bertz CT molecular complexity index is 250. The van der Waals surface area contributed by atoms with Gasteiger partial charge in [0.05, 0.1) is 6.10 Å². The summed E-state index contributed by atoms with van der Waals surface area (Å²) >= 11 is 1.52. The van der Waals surface area contributed by atoms with E-state index >= 15 is 0 Å². The van der Waals surface area contributed by atoms with Crippen LogP contribution in [0.3, 0.4) is 0 Å². The third-order valence-electron chi connectivity index (χ3n) is 1.55. The highest BCUT2D eigenvalue weighted by atomic mass is 32.2. The third kappa shape index (κ3) is 3.67. The standard InChI is InChI=1S/C9H13NO2S/c10-5-8(12)6-13-9-3-1-7(11)2-4-9/h1-4,8,11-12H,5-6,10H2. The number of phenolic OH excluding ortho intramolecular Hbond substituents is 1. The monoisotopic (exact) mass is 199 g/mol. The van der Waals surface area contributed by atoms with Crippen LogP contribution in [-0.2, 0) is 0 Å². The van der Waals surface area contributed by atoms with Gasteiger partial charge in [-0.15, -0.1) is 11.8 Å². The van der Waals surface area contributed by atoms with Crippen LogP contribution in [0.25, 0.3) is 0 Å². The summed E-state index contributed by atoms with van der Waals surface area (Å²) in [5.74, 6) is 0.838. The molecule has 1 rings (SSSR count). The molecule has 1 aromatic rings. The Morgan fingerprint density at radius 2 is 1.92 bits per heavy atom. The molecule has 72 valence electrons. The first kappa shape index (κ1) is 10.4. The highest BCUT2D eigenvalue weighted by Crippen LogP contribution is 2.20. The highest BCUT2D eigenvalue weighted by Gasteiger charge is 2.01. The van der Waals surface area contributed by atoms with Crippen molar-refractivity contribution < 1.29 is 10.2 Å². The zero-order chi connectivity index (χ0) is 9.68. The van der Waals surface area contributed by atoms with E-state index in [1.165, 1.54) is 11.8 Å². The van der Waals surface area contributed by atoms with Gasteiger partial charge in [-0.2, -0.15) is 0 Å². The van der Waals surface area contributed by atoms with E-state index in [0.29, 0.717) is 5.75 Å². The van der Waals surface area contributed by atoms with E-state index in [0.717, 1.165) is 4.90 Å². The molecule has 0 saturated carbocycles. The summed E-state index contributed by atoms with van der Waals surface area (Å²) in [5, 5.41) is 18.2. The molecule has 13 heavy (non-hydrogen) atoms. The van der Waals surface area contributed by atoms with E-state index < -0.39 is 6.10 Å². The van der Waals surface area contributed by atoms with Gasteiger partial charge in [0.2, 0.25) is 0 Å². The van der Waals surface area contributed by atoms with Gasteiger partial charge < -0.3 is 15.9 Å². The van der Waals surface area contributed by atoms with Gasteiger partial charge in [0.1, 0.15) is 5.75 Å². The largest absolute Gasteiger partial charge is 0.508 e. The zero-order valence-electron chi connectivity index (χ0n) is 7.18. The first-order chi connectivity index (χ1) is 6.22. The SMILES string of the molecule is NCC(O)CSc1ccc(O)cc1. The summed E-state index contributed by atoms with van der Waals surface area (Å²) in [6.45, 7) is 0.283. The van der Waals surface area contributed by atoms with Gasteiger partial charge in [-0.3, -0.25) is 0 Å². The number of hydrogen-bond acceptors (Lipinski definition) is 4. The second-order valence-electron chi connectivity index (χ2n) is 2.69. The number of benzene rings is 1. The van der Waals surface area contributed by atoms with Crippen LogP contribution in [-0.4, -0.2) is 28.6 Å². The molecule has 0 radical (unpaired) electrons. The lowest BCUT2D eigenvalue weighted by Gasteiger charge is -2.06. The van der Waals surface area contributed by atoms with Gasteiger partial charge in [0.15, 0.2) is 0 Å². The Balaban J connectivity index is 2.41. The topological polar surface area (TPSA) is 66.5 Å². The van der Waals surface area contributed by atoms with Gasteiger partial charge in [-0.05, 0) is 24.3 Å². The van der Waals surface area contributed by atoms with E-state index in [2.05, 4.69) is 0 Å². The predicted octanol–water partition coefficient (Wildman–Crippen LogP) is 0.804. The van der Waals surface area contributed by atoms with Crippen molar-refractivity contribution in [2.45, 2.75) is 11.0 Å². The molecule has 3 nitrogen and oxygen atoms in total. The molecule has 1 atom stereocenters. The summed E-state index contributed by atoms with van der Waals surface area (Å²) in [6.07, 6.45) is -0.459. The van der Waals surface area contributed by atoms with Gasteiger partial charge in [0, 0.05) is 17.2 Å². The minimum atomic E-state index is -0.459. The third-order valence-corrected chi connectivity index (χ3v) is 2.71. The van der Waals surface area contributed by atoms with Gasteiger partial charge >= 0.3 is 0 Å². The van der Waals surface area contributed by atoms with Gasteiger partial charge in [-0.25, -0.2) is 0 Å². The molecule has 0 fully saturated rings. The fourth-order valence-corrected chi connectivity index (χ4v) is 1.65. The van der Waals surface area contributed by atoms with Crippen molar-refractivity contribution in [3.05, 3.63) is 24.3 Å². The summed E-state index contributed by atoms with van der Waals surface area (Å²) in [4.78, 5) is 1.02. The Hall–Kier alpha value is -0.710. The zero-order valence-corrected chi connectivity index (χ0v) is 8.00. The number of thioether (sulfide) groups is 1. The van der Waals surface area contributed by atoms with E-state index in [1.807, 2.05) is 12.1 Å². The second kappa shape index (κ2) is 5.11. The van der Waals surface area contributed by atoms with E-state index in [4.69, 9.17) is 10.8 Å². The molecule has 0 aliphatic carbocycles. The maximum Gasteiger partial charge on any atom is 0.115 e. The molecule has 0 saturated heterocycles. The molecule has 0 aromatic heterocycles. The molecule has 1 unspecified atom stereocenters. The van der Waals surface area contributed by atoms with Crippen molar-refractivity contribution in [3.8, 4) is 5.75 Å². The second-order valence-corrected chi connectivity index (χ2v) is 3.79. The van der Waals surface area contributed by atoms with Crippen LogP contribution < -0.4 is 5.73 Å². The molecule has 0 aliphatic heterocycles. The highest BCUT2D eigenvalue weighted by molar-refractivity contribution is 7.99. The van der Waals surface area contributed by atoms with Crippen molar-refractivity contribution >= 4 is 11.8 Å². The maximum atomic E-state index is 9.18. The van der Waals surface area contributed by atoms with Gasteiger partial charge in [-0.1, -0.05) is 0 Å². The maximum absolute atomic E-state index is 9.18. The average molecular weight is 199 g/mol. The Morgan fingerprint density at radius 3 is 2.46 bits per heavy atom. The minimum Gasteiger partial charge on any atom is -0.508 e. The Kier molecular flexibility index (Phi) is 4.08. The lowest BCUT2D eigenvalue weighted by Crippen LogP contribution is -2.21. The van der Waals surface area contributed by atoms with Crippen LogP contribution in [0.15, 0.2) is 29.2 Å². The molecule has 0 aliphatic rings. The van der Waals surface area contributed by atoms with Crippen molar-refractivity contribution in [2.75, 3.05) is 12.3 Å². The number of aliphatic hydroxyl groups excluding tert-OH is 1. The van der Waals surface area contributed by atoms with E-state index in [1.54, 1.807) is 12.1 Å². The number of rotatable bonds is 4. The molecule has 4 N–H and O–H groups in total. The van der Waals surface area contributed by atoms with Crippen LogP contribution in [0, 0.1) is 0 Å². The average Bonchev–Trinajstić information content (AvgIpc) is 2.16. The Morgan fingerprint density at radius 1 is 1.31 bits per heavy atom. The Labute approximate surface area is 81.6 Å².